The van der Waals surface area contributed by atoms with Crippen LogP contribution in [-0.2, 0) is 22.6 Å². The lowest BCUT2D eigenvalue weighted by atomic mass is 9.99. The van der Waals surface area contributed by atoms with E-state index in [-0.39, 0.29) is 41.8 Å². The standard InChI is InChI=1S/C19H30N4O2.HI/c1-14-11-23(13-17(14)18(24)25-5)19(20-2)21-10-15-7-6-8-16(9-15)12-22(3)4;/h6-9,14,17H,10-13H2,1-5H3,(H,20,21);1H. The minimum absolute atomic E-state index is 0. The monoisotopic (exact) mass is 474 g/mol. The molecule has 0 bridgehead atoms. The second kappa shape index (κ2) is 10.7. The van der Waals surface area contributed by atoms with Gasteiger partial charge >= 0.3 is 5.97 Å². The van der Waals surface area contributed by atoms with Crippen LogP contribution in [-0.4, -0.2) is 63.1 Å². The normalized spacial score (nSPS) is 20.1. The maximum atomic E-state index is 11.9. The summed E-state index contributed by atoms with van der Waals surface area (Å²) in [5.41, 5.74) is 2.51. The molecule has 146 valence electrons. The third-order valence-electron chi connectivity index (χ3n) is 4.57. The molecule has 0 amide bonds. The molecular weight excluding hydrogens is 443 g/mol. The van der Waals surface area contributed by atoms with Gasteiger partial charge < -0.3 is 19.9 Å². The summed E-state index contributed by atoms with van der Waals surface area (Å²) >= 11 is 0. The van der Waals surface area contributed by atoms with E-state index in [1.807, 2.05) is 0 Å². The minimum Gasteiger partial charge on any atom is -0.469 e. The van der Waals surface area contributed by atoms with Crippen molar-refractivity contribution >= 4 is 35.9 Å². The molecule has 1 heterocycles. The van der Waals surface area contributed by atoms with Crippen LogP contribution < -0.4 is 5.32 Å². The first-order valence-electron chi connectivity index (χ1n) is 8.70. The highest BCUT2D eigenvalue weighted by Gasteiger charge is 2.36. The van der Waals surface area contributed by atoms with Gasteiger partial charge in [-0.05, 0) is 31.1 Å². The number of hydrogen-bond donors (Lipinski definition) is 1. The van der Waals surface area contributed by atoms with E-state index < -0.39 is 0 Å². The summed E-state index contributed by atoms with van der Waals surface area (Å²) in [6.45, 7) is 5.17. The highest BCUT2D eigenvalue weighted by Crippen LogP contribution is 2.24. The highest BCUT2D eigenvalue weighted by atomic mass is 127. The van der Waals surface area contributed by atoms with Crippen molar-refractivity contribution in [1.29, 1.82) is 0 Å². The summed E-state index contributed by atoms with van der Waals surface area (Å²) in [6.07, 6.45) is 0. The molecule has 0 aliphatic carbocycles. The van der Waals surface area contributed by atoms with Crippen LogP contribution in [0, 0.1) is 11.8 Å². The van der Waals surface area contributed by atoms with Crippen LogP contribution in [0.2, 0.25) is 0 Å². The second-order valence-electron chi connectivity index (χ2n) is 6.97. The second-order valence-corrected chi connectivity index (χ2v) is 6.97. The van der Waals surface area contributed by atoms with Gasteiger partial charge in [0, 0.05) is 33.2 Å². The Bertz CT molecular complexity index is 621. The van der Waals surface area contributed by atoms with Crippen LogP contribution in [0.15, 0.2) is 29.3 Å². The largest absolute Gasteiger partial charge is 0.469 e. The Morgan fingerprint density at radius 3 is 2.65 bits per heavy atom. The fourth-order valence-electron chi connectivity index (χ4n) is 3.31. The van der Waals surface area contributed by atoms with E-state index in [1.54, 1.807) is 7.05 Å². The van der Waals surface area contributed by atoms with Gasteiger partial charge in [-0.15, -0.1) is 24.0 Å². The molecule has 2 rings (SSSR count). The Hall–Kier alpha value is -1.35. The summed E-state index contributed by atoms with van der Waals surface area (Å²) in [5.74, 6) is 0.861. The molecule has 1 N–H and O–H groups in total. The third kappa shape index (κ3) is 6.12. The molecular formula is C19H31IN4O2. The molecule has 1 saturated heterocycles. The van der Waals surface area contributed by atoms with Gasteiger partial charge in [-0.25, -0.2) is 0 Å². The van der Waals surface area contributed by atoms with E-state index >= 15 is 0 Å². The minimum atomic E-state index is -0.137. The number of carbonyl (C=O) groups excluding carboxylic acids is 1. The van der Waals surface area contributed by atoms with Crippen LogP contribution >= 0.6 is 24.0 Å². The first kappa shape index (κ1) is 22.7. The number of benzene rings is 1. The first-order valence-corrected chi connectivity index (χ1v) is 8.70. The lowest BCUT2D eigenvalue weighted by Gasteiger charge is -2.21. The number of aliphatic imine (C=N–C) groups is 1. The van der Waals surface area contributed by atoms with Gasteiger partial charge in [0.15, 0.2) is 5.96 Å². The predicted octanol–water partition coefficient (Wildman–Crippen LogP) is 2.18. The van der Waals surface area contributed by atoms with Gasteiger partial charge in [-0.2, -0.15) is 0 Å². The first-order chi connectivity index (χ1) is 11.9. The van der Waals surface area contributed by atoms with Crippen LogP contribution in [0.3, 0.4) is 0 Å². The topological polar surface area (TPSA) is 57.2 Å². The number of hydrogen-bond acceptors (Lipinski definition) is 4. The fourth-order valence-corrected chi connectivity index (χ4v) is 3.31. The number of esters is 1. The fraction of sp³-hybridized carbons (Fsp3) is 0.579. The maximum absolute atomic E-state index is 11.9. The Morgan fingerprint density at radius 1 is 1.35 bits per heavy atom. The average Bonchev–Trinajstić information content (AvgIpc) is 2.96. The molecule has 1 fully saturated rings. The van der Waals surface area contributed by atoms with Gasteiger partial charge in [0.05, 0.1) is 13.0 Å². The van der Waals surface area contributed by atoms with Crippen molar-refractivity contribution < 1.29 is 9.53 Å². The van der Waals surface area contributed by atoms with Crippen LogP contribution in [0.5, 0.6) is 0 Å². The lowest BCUT2D eigenvalue weighted by Crippen LogP contribution is -2.40. The van der Waals surface area contributed by atoms with E-state index in [9.17, 15) is 4.79 Å². The van der Waals surface area contributed by atoms with E-state index in [4.69, 9.17) is 4.74 Å². The molecule has 6 nitrogen and oxygen atoms in total. The van der Waals surface area contributed by atoms with Gasteiger partial charge in [0.2, 0.25) is 0 Å². The Morgan fingerprint density at radius 2 is 2.04 bits per heavy atom. The Kier molecular flexibility index (Phi) is 9.35. The Labute approximate surface area is 174 Å². The van der Waals surface area contributed by atoms with Gasteiger partial charge in [-0.3, -0.25) is 9.79 Å². The lowest BCUT2D eigenvalue weighted by molar-refractivity contribution is -0.145. The molecule has 2 unspecified atom stereocenters. The zero-order valence-corrected chi connectivity index (χ0v) is 18.7. The molecule has 1 aliphatic rings. The van der Waals surface area contributed by atoms with Crippen molar-refractivity contribution in [3.63, 3.8) is 0 Å². The molecule has 1 aromatic carbocycles. The summed E-state index contributed by atoms with van der Waals surface area (Å²) in [4.78, 5) is 20.5. The zero-order valence-electron chi connectivity index (χ0n) is 16.4. The molecule has 1 aromatic rings. The van der Waals surface area contributed by atoms with E-state index in [0.717, 1.165) is 19.0 Å². The predicted molar refractivity (Wildman–Crippen MR) is 116 cm³/mol. The molecule has 2 atom stereocenters. The van der Waals surface area contributed by atoms with E-state index in [0.29, 0.717) is 13.1 Å². The van der Waals surface area contributed by atoms with Crippen molar-refractivity contribution in [1.82, 2.24) is 15.1 Å². The number of rotatable bonds is 5. The maximum Gasteiger partial charge on any atom is 0.310 e. The van der Waals surface area contributed by atoms with Crippen molar-refractivity contribution in [2.24, 2.45) is 16.8 Å². The molecule has 26 heavy (non-hydrogen) atoms. The van der Waals surface area contributed by atoms with Crippen LogP contribution in [0.1, 0.15) is 18.1 Å². The number of carbonyl (C=O) groups is 1. The zero-order chi connectivity index (χ0) is 18.4. The average molecular weight is 474 g/mol. The molecule has 0 aromatic heterocycles. The number of nitrogens with zero attached hydrogens (tertiary/aromatic N) is 3. The molecule has 0 spiro atoms. The van der Waals surface area contributed by atoms with E-state index in [2.05, 4.69) is 65.4 Å². The number of halogens is 1. The van der Waals surface area contributed by atoms with Gasteiger partial charge in [0.1, 0.15) is 0 Å². The quantitative estimate of drug-likeness (QED) is 0.307. The summed E-state index contributed by atoms with van der Waals surface area (Å²) in [6, 6.07) is 8.55. The van der Waals surface area contributed by atoms with Crippen molar-refractivity contribution in [3.8, 4) is 0 Å². The summed E-state index contributed by atoms with van der Waals surface area (Å²) in [5, 5.41) is 3.42. The summed E-state index contributed by atoms with van der Waals surface area (Å²) in [7, 11) is 7.37. The molecule has 0 saturated carbocycles. The SMILES string of the molecule is CN=C(NCc1cccc(CN(C)C)c1)N1CC(C)C(C(=O)OC)C1.I. The number of ether oxygens (including phenoxy) is 1. The highest BCUT2D eigenvalue weighted by molar-refractivity contribution is 14.0. The molecule has 1 aliphatic heterocycles. The van der Waals surface area contributed by atoms with Crippen molar-refractivity contribution in [3.05, 3.63) is 35.4 Å². The van der Waals surface area contributed by atoms with E-state index in [1.165, 1.54) is 18.2 Å². The smallest absolute Gasteiger partial charge is 0.310 e. The third-order valence-corrected chi connectivity index (χ3v) is 4.57. The van der Waals surface area contributed by atoms with Gasteiger partial charge in [0.25, 0.3) is 0 Å². The Balaban J connectivity index is 0.00000338. The van der Waals surface area contributed by atoms with Crippen molar-refractivity contribution in [2.75, 3.05) is 41.3 Å². The van der Waals surface area contributed by atoms with Crippen LogP contribution in [0.25, 0.3) is 0 Å². The van der Waals surface area contributed by atoms with Crippen molar-refractivity contribution in [2.45, 2.75) is 20.0 Å². The number of likely N-dealkylation sites (tertiary alicyclic amines) is 1. The molecule has 0 radical (unpaired) electrons. The van der Waals surface area contributed by atoms with Gasteiger partial charge in [-0.1, -0.05) is 31.2 Å². The number of nitrogens with one attached hydrogen (secondary N) is 1. The van der Waals surface area contributed by atoms with Crippen LogP contribution in [0.4, 0.5) is 0 Å². The number of methoxy groups -OCH3 is 1. The molecule has 7 heteroatoms. The summed E-state index contributed by atoms with van der Waals surface area (Å²) < 4.78 is 4.91. The number of guanidine groups is 1.